The fraction of sp³-hybridized carbons (Fsp3) is 0.706. The van der Waals surface area contributed by atoms with E-state index in [4.69, 9.17) is 9.47 Å². The van der Waals surface area contributed by atoms with Crippen LogP contribution in [0.3, 0.4) is 0 Å². The van der Waals surface area contributed by atoms with Gasteiger partial charge in [-0.15, -0.1) is 11.3 Å². The first-order valence-corrected chi connectivity index (χ1v) is 9.08. The van der Waals surface area contributed by atoms with E-state index in [-0.39, 0.29) is 17.4 Å². The fourth-order valence-corrected chi connectivity index (χ4v) is 4.20. The molecular weight excluding hydrogens is 298 g/mol. The summed E-state index contributed by atoms with van der Waals surface area (Å²) in [4.78, 5) is 15.5. The van der Waals surface area contributed by atoms with Gasteiger partial charge in [0.1, 0.15) is 0 Å². The zero-order chi connectivity index (χ0) is 15.4. The summed E-state index contributed by atoms with van der Waals surface area (Å²) in [7, 11) is 0. The van der Waals surface area contributed by atoms with E-state index in [1.165, 1.54) is 0 Å². The van der Waals surface area contributed by atoms with Crippen molar-refractivity contribution in [1.29, 1.82) is 0 Å². The number of amides is 1. The molecule has 0 aromatic carbocycles. The van der Waals surface area contributed by atoms with Crippen molar-refractivity contribution < 1.29 is 14.3 Å². The highest BCUT2D eigenvalue weighted by Gasteiger charge is 2.42. The minimum Gasteiger partial charge on any atom is -0.379 e. The molecule has 2 aliphatic heterocycles. The molecule has 0 saturated carbocycles. The molecule has 2 aliphatic rings. The number of likely N-dealkylation sites (tertiary alicyclic amines) is 1. The highest BCUT2D eigenvalue weighted by atomic mass is 32.1. The van der Waals surface area contributed by atoms with E-state index in [0.717, 1.165) is 50.4 Å². The van der Waals surface area contributed by atoms with Crippen molar-refractivity contribution in [3.8, 4) is 0 Å². The van der Waals surface area contributed by atoms with Crippen LogP contribution >= 0.6 is 11.3 Å². The van der Waals surface area contributed by atoms with Crippen LogP contribution in [-0.2, 0) is 20.7 Å². The Labute approximate surface area is 136 Å². The molecule has 0 radical (unpaired) electrons. The average Bonchev–Trinajstić information content (AvgIpc) is 3.16. The summed E-state index contributed by atoms with van der Waals surface area (Å²) in [6, 6.07) is 4.05. The number of hydrogen-bond acceptors (Lipinski definition) is 4. The SMILES string of the molecule is CCOC[C@@H]1CC2(CCN(C(=O)Cc3cccs3)CC2)CO1. The first-order valence-electron chi connectivity index (χ1n) is 8.20. The highest BCUT2D eigenvalue weighted by Crippen LogP contribution is 2.42. The van der Waals surface area contributed by atoms with Gasteiger partial charge in [0.15, 0.2) is 0 Å². The van der Waals surface area contributed by atoms with E-state index in [1.807, 2.05) is 29.3 Å². The van der Waals surface area contributed by atoms with Crippen LogP contribution in [-0.4, -0.2) is 49.8 Å². The lowest BCUT2D eigenvalue weighted by Crippen LogP contribution is -2.44. The molecule has 1 amide bonds. The molecule has 5 heteroatoms. The number of piperidine rings is 1. The standard InChI is InChI=1S/C17H25NO3S/c1-2-20-12-14-11-17(13-21-14)5-7-18(8-6-17)16(19)10-15-4-3-9-22-15/h3-4,9,14H,2,5-8,10-13H2,1H3/t14-/m0/s1. The summed E-state index contributed by atoms with van der Waals surface area (Å²) >= 11 is 1.66. The van der Waals surface area contributed by atoms with Crippen molar-refractivity contribution in [1.82, 2.24) is 4.90 Å². The van der Waals surface area contributed by atoms with E-state index >= 15 is 0 Å². The Kier molecular flexibility index (Phi) is 5.16. The van der Waals surface area contributed by atoms with Crippen LogP contribution in [0.1, 0.15) is 31.1 Å². The molecule has 0 aliphatic carbocycles. The minimum absolute atomic E-state index is 0.244. The molecule has 1 spiro atoms. The lowest BCUT2D eigenvalue weighted by molar-refractivity contribution is -0.132. The Balaban J connectivity index is 1.47. The van der Waals surface area contributed by atoms with E-state index in [9.17, 15) is 4.79 Å². The van der Waals surface area contributed by atoms with Crippen LogP contribution in [0.2, 0.25) is 0 Å². The number of nitrogens with zero attached hydrogens (tertiary/aromatic N) is 1. The van der Waals surface area contributed by atoms with E-state index in [1.54, 1.807) is 11.3 Å². The summed E-state index contributed by atoms with van der Waals surface area (Å²) in [6.07, 6.45) is 4.00. The Bertz CT molecular complexity index is 480. The Morgan fingerprint density at radius 1 is 1.50 bits per heavy atom. The number of ether oxygens (including phenoxy) is 2. The van der Waals surface area contributed by atoms with Crippen molar-refractivity contribution >= 4 is 17.2 Å². The molecule has 3 heterocycles. The summed E-state index contributed by atoms with van der Waals surface area (Å²) in [5.74, 6) is 0.266. The first-order chi connectivity index (χ1) is 10.7. The first kappa shape index (κ1) is 16.0. The molecule has 1 aromatic heterocycles. The number of rotatable bonds is 5. The predicted molar refractivity (Wildman–Crippen MR) is 87.1 cm³/mol. The monoisotopic (exact) mass is 323 g/mol. The molecular formula is C17H25NO3S. The third-order valence-electron chi connectivity index (χ3n) is 4.88. The van der Waals surface area contributed by atoms with Crippen molar-refractivity contribution in [3.63, 3.8) is 0 Å². The van der Waals surface area contributed by atoms with Gasteiger partial charge in [-0.1, -0.05) is 6.07 Å². The molecule has 2 saturated heterocycles. The molecule has 0 unspecified atom stereocenters. The van der Waals surface area contributed by atoms with Gasteiger partial charge < -0.3 is 14.4 Å². The minimum atomic E-state index is 0.244. The van der Waals surface area contributed by atoms with Crippen LogP contribution in [0.5, 0.6) is 0 Å². The van der Waals surface area contributed by atoms with Gasteiger partial charge in [-0.2, -0.15) is 0 Å². The van der Waals surface area contributed by atoms with Gasteiger partial charge in [0.25, 0.3) is 0 Å². The predicted octanol–water partition coefficient (Wildman–Crippen LogP) is 2.72. The molecule has 4 nitrogen and oxygen atoms in total. The van der Waals surface area contributed by atoms with Gasteiger partial charge >= 0.3 is 0 Å². The third-order valence-corrected chi connectivity index (χ3v) is 5.75. The third kappa shape index (κ3) is 3.70. The summed E-state index contributed by atoms with van der Waals surface area (Å²) in [6.45, 7) is 6.04. The summed E-state index contributed by atoms with van der Waals surface area (Å²) in [5.41, 5.74) is 0.279. The van der Waals surface area contributed by atoms with Gasteiger partial charge in [0, 0.05) is 24.6 Å². The molecule has 0 bridgehead atoms. The summed E-state index contributed by atoms with van der Waals surface area (Å²) < 4.78 is 11.4. The Morgan fingerprint density at radius 3 is 3.00 bits per heavy atom. The van der Waals surface area contributed by atoms with Crippen molar-refractivity contribution in [2.75, 3.05) is 32.9 Å². The normalized spacial score (nSPS) is 24.0. The zero-order valence-electron chi connectivity index (χ0n) is 13.3. The van der Waals surface area contributed by atoms with Crippen molar-refractivity contribution in [2.45, 2.75) is 38.7 Å². The smallest absolute Gasteiger partial charge is 0.227 e. The lowest BCUT2D eigenvalue weighted by Gasteiger charge is -2.38. The largest absolute Gasteiger partial charge is 0.379 e. The van der Waals surface area contributed by atoms with Crippen LogP contribution in [0, 0.1) is 5.41 Å². The van der Waals surface area contributed by atoms with Gasteiger partial charge in [0.05, 0.1) is 25.7 Å². The molecule has 122 valence electrons. The maximum atomic E-state index is 12.4. The second-order valence-electron chi connectivity index (χ2n) is 6.43. The zero-order valence-corrected chi connectivity index (χ0v) is 14.1. The fourth-order valence-electron chi connectivity index (χ4n) is 3.50. The molecule has 0 N–H and O–H groups in total. The molecule has 1 atom stereocenters. The number of carbonyl (C=O) groups excluding carboxylic acids is 1. The van der Waals surface area contributed by atoms with Crippen molar-refractivity contribution in [3.05, 3.63) is 22.4 Å². The Morgan fingerprint density at radius 2 is 2.32 bits per heavy atom. The van der Waals surface area contributed by atoms with E-state index in [0.29, 0.717) is 13.0 Å². The maximum Gasteiger partial charge on any atom is 0.227 e. The molecule has 3 rings (SSSR count). The van der Waals surface area contributed by atoms with E-state index < -0.39 is 0 Å². The Hall–Kier alpha value is -0.910. The summed E-state index contributed by atoms with van der Waals surface area (Å²) in [5, 5.41) is 2.03. The van der Waals surface area contributed by atoms with E-state index in [2.05, 4.69) is 0 Å². The lowest BCUT2D eigenvalue weighted by atomic mass is 9.76. The van der Waals surface area contributed by atoms with Gasteiger partial charge in [-0.25, -0.2) is 0 Å². The quantitative estimate of drug-likeness (QED) is 0.836. The van der Waals surface area contributed by atoms with Gasteiger partial charge in [-0.05, 0) is 43.0 Å². The highest BCUT2D eigenvalue weighted by molar-refractivity contribution is 7.10. The van der Waals surface area contributed by atoms with Crippen LogP contribution < -0.4 is 0 Å². The van der Waals surface area contributed by atoms with Crippen molar-refractivity contribution in [2.24, 2.45) is 5.41 Å². The second-order valence-corrected chi connectivity index (χ2v) is 7.47. The molecule has 2 fully saturated rings. The molecule has 1 aromatic rings. The van der Waals surface area contributed by atoms with Gasteiger partial charge in [0.2, 0.25) is 5.91 Å². The number of thiophene rings is 1. The van der Waals surface area contributed by atoms with Crippen LogP contribution in [0.15, 0.2) is 17.5 Å². The van der Waals surface area contributed by atoms with Crippen LogP contribution in [0.4, 0.5) is 0 Å². The molecule has 22 heavy (non-hydrogen) atoms. The topological polar surface area (TPSA) is 38.8 Å². The maximum absolute atomic E-state index is 12.4. The number of hydrogen-bond donors (Lipinski definition) is 0. The van der Waals surface area contributed by atoms with Gasteiger partial charge in [-0.3, -0.25) is 4.79 Å². The average molecular weight is 323 g/mol. The number of carbonyl (C=O) groups is 1. The second kappa shape index (κ2) is 7.11. The van der Waals surface area contributed by atoms with Crippen LogP contribution in [0.25, 0.3) is 0 Å².